The third-order valence-corrected chi connectivity index (χ3v) is 10.4. The zero-order chi connectivity index (χ0) is 34.3. The Labute approximate surface area is 283 Å². The van der Waals surface area contributed by atoms with Crippen LogP contribution in [0.3, 0.4) is 0 Å². The molecular weight excluding hydrogens is 642 g/mol. The van der Waals surface area contributed by atoms with E-state index in [1.807, 2.05) is 52.2 Å². The van der Waals surface area contributed by atoms with Gasteiger partial charge < -0.3 is 43.7 Å². The first-order valence-electron chi connectivity index (χ1n) is 16.6. The van der Waals surface area contributed by atoms with E-state index in [2.05, 4.69) is 10.2 Å². The predicted octanol–water partition coefficient (Wildman–Crippen LogP) is 3.24. The van der Waals surface area contributed by atoms with E-state index in [9.17, 15) is 18.3 Å². The molecule has 2 aromatic rings. The molecule has 3 heterocycles. The maximum atomic E-state index is 13.9. The molecule has 48 heavy (non-hydrogen) atoms. The number of aliphatic hydroxyl groups excluding tert-OH is 1. The lowest BCUT2D eigenvalue weighted by molar-refractivity contribution is -0.0907. The fourth-order valence-corrected chi connectivity index (χ4v) is 7.69. The summed E-state index contributed by atoms with van der Waals surface area (Å²) in [4.78, 5) is 15.4. The average molecular weight is 692 g/mol. The number of carbonyl (C=O) groups is 1. The van der Waals surface area contributed by atoms with Crippen molar-refractivity contribution in [2.24, 2.45) is 11.8 Å². The van der Waals surface area contributed by atoms with E-state index in [0.29, 0.717) is 24.7 Å². The summed E-state index contributed by atoms with van der Waals surface area (Å²) < 4.78 is 62.6. The molecule has 14 heteroatoms. The van der Waals surface area contributed by atoms with Gasteiger partial charge in [0.2, 0.25) is 16.8 Å². The van der Waals surface area contributed by atoms with Crippen LogP contribution >= 0.6 is 0 Å². The van der Waals surface area contributed by atoms with Gasteiger partial charge in [-0.1, -0.05) is 26.0 Å². The van der Waals surface area contributed by atoms with Crippen molar-refractivity contribution < 1.29 is 46.7 Å². The number of amides is 1. The van der Waals surface area contributed by atoms with Crippen molar-refractivity contribution in [3.8, 4) is 17.2 Å². The van der Waals surface area contributed by atoms with Gasteiger partial charge in [0.05, 0.1) is 42.8 Å². The molecule has 0 aromatic heterocycles. The number of hydrogen-bond acceptors (Lipinski definition) is 11. The van der Waals surface area contributed by atoms with Crippen LogP contribution in [0.4, 0.5) is 4.79 Å². The zero-order valence-electron chi connectivity index (χ0n) is 28.2. The van der Waals surface area contributed by atoms with Crippen LogP contribution in [0.5, 0.6) is 17.2 Å². The third-order valence-electron chi connectivity index (χ3n) is 8.60. The minimum Gasteiger partial charge on any atom is -0.494 e. The number of alkyl carbamates (subject to hydrolysis) is 1. The number of fused-ring (bicyclic) bond motifs is 2. The summed E-state index contributed by atoms with van der Waals surface area (Å²) in [6.07, 6.45) is 0.0449. The van der Waals surface area contributed by atoms with E-state index < -0.39 is 34.4 Å². The highest BCUT2D eigenvalue weighted by atomic mass is 32.2. The number of hydrogen-bond donors (Lipinski definition) is 2. The van der Waals surface area contributed by atoms with Crippen LogP contribution in [-0.4, -0.2) is 114 Å². The molecule has 266 valence electrons. The second kappa shape index (κ2) is 16.5. The van der Waals surface area contributed by atoms with Gasteiger partial charge in [-0.25, -0.2) is 13.2 Å². The van der Waals surface area contributed by atoms with E-state index in [4.69, 9.17) is 28.4 Å². The van der Waals surface area contributed by atoms with Crippen LogP contribution in [0, 0.1) is 11.8 Å². The van der Waals surface area contributed by atoms with Crippen molar-refractivity contribution in [1.29, 1.82) is 0 Å². The highest BCUT2D eigenvalue weighted by Gasteiger charge is 2.44. The first kappa shape index (κ1) is 36.1. The van der Waals surface area contributed by atoms with Crippen molar-refractivity contribution in [1.82, 2.24) is 14.5 Å². The lowest BCUT2D eigenvalue weighted by atomic mass is 10.0. The molecule has 3 aliphatic heterocycles. The van der Waals surface area contributed by atoms with Gasteiger partial charge in [0, 0.05) is 19.2 Å². The number of carbonyl (C=O) groups excluding carboxylic acids is 1. The van der Waals surface area contributed by atoms with Gasteiger partial charge in [-0.05, 0) is 82.1 Å². The van der Waals surface area contributed by atoms with Crippen LogP contribution < -0.4 is 19.5 Å². The number of nitrogens with zero attached hydrogens (tertiary/aromatic N) is 2. The number of sulfonamides is 1. The fourth-order valence-electron chi connectivity index (χ4n) is 6.05. The van der Waals surface area contributed by atoms with E-state index in [1.165, 1.54) is 16.4 Å². The molecule has 13 nitrogen and oxygen atoms in total. The minimum absolute atomic E-state index is 0.0159. The summed E-state index contributed by atoms with van der Waals surface area (Å²) >= 11 is 0. The van der Waals surface area contributed by atoms with Gasteiger partial charge in [0.15, 0.2) is 17.8 Å². The summed E-state index contributed by atoms with van der Waals surface area (Å²) in [5, 5.41) is 14.5. The van der Waals surface area contributed by atoms with Crippen LogP contribution in [0.1, 0.15) is 38.7 Å². The topological polar surface area (TPSA) is 145 Å². The Bertz CT molecular complexity index is 1460. The maximum Gasteiger partial charge on any atom is 0.407 e. The molecule has 0 bridgehead atoms. The molecule has 0 saturated carbocycles. The van der Waals surface area contributed by atoms with Crippen molar-refractivity contribution in [2.75, 3.05) is 60.3 Å². The van der Waals surface area contributed by atoms with Gasteiger partial charge in [-0.15, -0.1) is 0 Å². The second-order valence-electron chi connectivity index (χ2n) is 13.2. The summed E-state index contributed by atoms with van der Waals surface area (Å²) in [6.45, 7) is 6.06. The molecule has 0 spiro atoms. The molecular formula is C34H49N3O10S. The van der Waals surface area contributed by atoms with E-state index >= 15 is 0 Å². The summed E-state index contributed by atoms with van der Waals surface area (Å²) in [6, 6.07) is 11.0. The van der Waals surface area contributed by atoms with Gasteiger partial charge >= 0.3 is 6.09 Å². The van der Waals surface area contributed by atoms with Crippen molar-refractivity contribution in [2.45, 2.75) is 69.0 Å². The normalized spacial score (nSPS) is 21.5. The molecule has 0 radical (unpaired) electrons. The highest BCUT2D eigenvalue weighted by Crippen LogP contribution is 2.35. The van der Waals surface area contributed by atoms with Gasteiger partial charge in [-0.2, -0.15) is 4.31 Å². The largest absolute Gasteiger partial charge is 0.494 e. The molecule has 5 rings (SSSR count). The molecule has 2 aromatic carbocycles. The van der Waals surface area contributed by atoms with Crippen LogP contribution in [0.15, 0.2) is 47.4 Å². The van der Waals surface area contributed by atoms with Crippen molar-refractivity contribution in [3.63, 3.8) is 0 Å². The van der Waals surface area contributed by atoms with Crippen LogP contribution in [0.25, 0.3) is 0 Å². The maximum absolute atomic E-state index is 13.9. The Balaban J connectivity index is 1.29. The van der Waals surface area contributed by atoms with E-state index in [-0.39, 0.29) is 55.9 Å². The van der Waals surface area contributed by atoms with Gasteiger partial charge in [0.25, 0.3) is 0 Å². The Morgan fingerprint density at radius 3 is 2.56 bits per heavy atom. The Morgan fingerprint density at radius 2 is 1.81 bits per heavy atom. The second-order valence-corrected chi connectivity index (χ2v) is 15.2. The zero-order valence-corrected chi connectivity index (χ0v) is 29.0. The number of aliphatic hydroxyl groups is 1. The van der Waals surface area contributed by atoms with E-state index in [0.717, 1.165) is 37.1 Å². The Hall–Kier alpha value is -3.14. The molecule has 1 amide bonds. The van der Waals surface area contributed by atoms with Crippen LogP contribution in [0.2, 0.25) is 0 Å². The standard InChI is InChI=1S/C34H49N3O10S/c1-23(2)19-37(48(40,41)26-11-12-30-31(18-26)46-22-45-30)20-29(38)28(35-34(39)47-32-21-44-33-27(32)13-16-43-33)17-24-7-9-25(10-8-24)42-15-6-5-14-36(3)4/h7-12,18,23,27-29,32-33,38H,5-6,13-17,19-22H2,1-4H3,(H,35,39)/t27-,28-,29+,32+,33+/m0/s1. The Morgan fingerprint density at radius 1 is 1.04 bits per heavy atom. The number of nitrogens with one attached hydrogen (secondary N) is 1. The number of benzene rings is 2. The first-order chi connectivity index (χ1) is 23.0. The number of unbranched alkanes of at least 4 members (excludes halogenated alkanes) is 1. The van der Waals surface area contributed by atoms with Crippen molar-refractivity contribution >= 4 is 16.1 Å². The molecule has 0 aliphatic carbocycles. The molecule has 2 saturated heterocycles. The molecule has 5 atom stereocenters. The predicted molar refractivity (Wildman–Crippen MR) is 177 cm³/mol. The lowest BCUT2D eigenvalue weighted by Gasteiger charge is -2.31. The van der Waals surface area contributed by atoms with Crippen molar-refractivity contribution in [3.05, 3.63) is 48.0 Å². The SMILES string of the molecule is CC(C)CN(C[C@@H](O)[C@H](Cc1ccc(OCCCCN(C)C)cc1)NC(=O)O[C@@H]1CO[C@H]2OCC[C@H]21)S(=O)(=O)c1ccc2c(c1)OCO2. The molecule has 2 N–H and O–H groups in total. The molecule has 3 aliphatic rings. The fraction of sp³-hybridized carbons (Fsp3) is 0.618. The minimum atomic E-state index is -4.06. The van der Waals surface area contributed by atoms with E-state index in [1.54, 1.807) is 6.07 Å². The molecule has 2 fully saturated rings. The number of rotatable bonds is 17. The van der Waals surface area contributed by atoms with Crippen LogP contribution in [-0.2, 0) is 30.7 Å². The monoisotopic (exact) mass is 691 g/mol. The average Bonchev–Trinajstić information content (AvgIpc) is 3.79. The van der Waals surface area contributed by atoms with Gasteiger partial charge in [-0.3, -0.25) is 0 Å². The Kier molecular flexibility index (Phi) is 12.4. The third kappa shape index (κ3) is 9.51. The van der Waals surface area contributed by atoms with Gasteiger partial charge in [0.1, 0.15) is 11.9 Å². The lowest BCUT2D eigenvalue weighted by Crippen LogP contribution is -2.51. The summed E-state index contributed by atoms with van der Waals surface area (Å²) in [7, 11) is 0.0308. The summed E-state index contributed by atoms with van der Waals surface area (Å²) in [5.74, 6) is 1.44. The molecule has 0 unspecified atom stereocenters. The number of ether oxygens (including phenoxy) is 6. The smallest absolute Gasteiger partial charge is 0.407 e. The summed E-state index contributed by atoms with van der Waals surface area (Å²) in [5.41, 5.74) is 0.821. The highest BCUT2D eigenvalue weighted by molar-refractivity contribution is 7.89. The quantitative estimate of drug-likeness (QED) is 0.236. The first-order valence-corrected chi connectivity index (χ1v) is 18.1.